The quantitative estimate of drug-likeness (QED) is 0.705. The SMILES string of the molecule is CC(C)c1ccccc1NC(=O)C(=O)NCCC(O)C(C)C. The number of carbonyl (C=O) groups is 2. The smallest absolute Gasteiger partial charge is 0.313 e. The molecule has 0 fully saturated rings. The molecule has 0 heterocycles. The first-order valence-corrected chi connectivity index (χ1v) is 7.69. The molecule has 1 aromatic carbocycles. The lowest BCUT2D eigenvalue weighted by molar-refractivity contribution is -0.136. The van der Waals surface area contributed by atoms with E-state index in [2.05, 4.69) is 10.6 Å². The largest absolute Gasteiger partial charge is 0.393 e. The number of hydrogen-bond donors (Lipinski definition) is 3. The van der Waals surface area contributed by atoms with Crippen molar-refractivity contribution in [3.05, 3.63) is 29.8 Å². The van der Waals surface area contributed by atoms with E-state index in [1.165, 1.54) is 0 Å². The van der Waals surface area contributed by atoms with Gasteiger partial charge in [-0.1, -0.05) is 45.9 Å². The molecule has 1 rings (SSSR count). The van der Waals surface area contributed by atoms with Crippen molar-refractivity contribution in [2.24, 2.45) is 5.92 Å². The highest BCUT2D eigenvalue weighted by Gasteiger charge is 2.16. The van der Waals surface area contributed by atoms with E-state index in [1.807, 2.05) is 45.9 Å². The summed E-state index contributed by atoms with van der Waals surface area (Å²) >= 11 is 0. The Morgan fingerprint density at radius 2 is 1.73 bits per heavy atom. The summed E-state index contributed by atoms with van der Waals surface area (Å²) in [6, 6.07) is 7.43. The average Bonchev–Trinajstić information content (AvgIpc) is 2.47. The summed E-state index contributed by atoms with van der Waals surface area (Å²) in [5.41, 5.74) is 1.64. The number of rotatable bonds is 6. The molecule has 3 N–H and O–H groups in total. The molecule has 0 aromatic heterocycles. The fourth-order valence-electron chi connectivity index (χ4n) is 2.04. The number of para-hydroxylation sites is 1. The van der Waals surface area contributed by atoms with Crippen LogP contribution in [0.2, 0.25) is 0 Å². The van der Waals surface area contributed by atoms with Crippen LogP contribution >= 0.6 is 0 Å². The molecule has 0 bridgehead atoms. The third-order valence-electron chi connectivity index (χ3n) is 3.53. The number of carbonyl (C=O) groups excluding carboxylic acids is 2. The molecule has 1 aromatic rings. The topological polar surface area (TPSA) is 78.4 Å². The standard InChI is InChI=1S/C17H26N2O3/c1-11(2)13-7-5-6-8-14(13)19-17(22)16(21)18-10-9-15(20)12(3)4/h5-8,11-12,15,20H,9-10H2,1-4H3,(H,18,21)(H,19,22). The minimum Gasteiger partial charge on any atom is -0.393 e. The van der Waals surface area contributed by atoms with Gasteiger partial charge >= 0.3 is 11.8 Å². The molecule has 122 valence electrons. The van der Waals surface area contributed by atoms with E-state index < -0.39 is 17.9 Å². The molecule has 5 heteroatoms. The van der Waals surface area contributed by atoms with Gasteiger partial charge in [0.25, 0.3) is 0 Å². The van der Waals surface area contributed by atoms with Crippen molar-refractivity contribution >= 4 is 17.5 Å². The summed E-state index contributed by atoms with van der Waals surface area (Å²) in [6.07, 6.45) is -0.0516. The number of aliphatic hydroxyl groups excluding tert-OH is 1. The van der Waals surface area contributed by atoms with Gasteiger partial charge in [0.2, 0.25) is 0 Å². The number of anilines is 1. The summed E-state index contributed by atoms with van der Waals surface area (Å²) in [6.45, 7) is 8.14. The van der Waals surface area contributed by atoms with E-state index in [-0.39, 0.29) is 18.4 Å². The highest BCUT2D eigenvalue weighted by Crippen LogP contribution is 2.23. The zero-order valence-electron chi connectivity index (χ0n) is 13.7. The Morgan fingerprint density at radius 1 is 1.09 bits per heavy atom. The van der Waals surface area contributed by atoms with Crippen molar-refractivity contribution < 1.29 is 14.7 Å². The van der Waals surface area contributed by atoms with Gasteiger partial charge in [-0.25, -0.2) is 0 Å². The number of benzene rings is 1. The van der Waals surface area contributed by atoms with Gasteiger partial charge in [0.1, 0.15) is 0 Å². The van der Waals surface area contributed by atoms with Gasteiger partial charge in [-0.05, 0) is 29.9 Å². The molecular formula is C17H26N2O3. The molecule has 0 saturated carbocycles. The Bertz CT molecular complexity index is 512. The van der Waals surface area contributed by atoms with E-state index >= 15 is 0 Å². The van der Waals surface area contributed by atoms with Crippen molar-refractivity contribution in [2.75, 3.05) is 11.9 Å². The predicted molar refractivity (Wildman–Crippen MR) is 87.6 cm³/mol. The molecule has 0 aliphatic rings. The predicted octanol–water partition coefficient (Wildman–Crippen LogP) is 2.27. The second-order valence-electron chi connectivity index (χ2n) is 6.05. The van der Waals surface area contributed by atoms with E-state index in [0.717, 1.165) is 5.56 Å². The second-order valence-corrected chi connectivity index (χ2v) is 6.05. The normalized spacial score (nSPS) is 12.3. The van der Waals surface area contributed by atoms with Crippen LogP contribution in [-0.4, -0.2) is 29.6 Å². The molecular weight excluding hydrogens is 280 g/mol. The van der Waals surface area contributed by atoms with E-state index in [4.69, 9.17) is 0 Å². The van der Waals surface area contributed by atoms with Gasteiger partial charge in [0.15, 0.2) is 0 Å². The molecule has 0 aliphatic carbocycles. The molecule has 2 amide bonds. The Labute approximate surface area is 132 Å². The summed E-state index contributed by atoms with van der Waals surface area (Å²) < 4.78 is 0. The first-order chi connectivity index (χ1) is 10.3. The molecule has 1 atom stereocenters. The van der Waals surface area contributed by atoms with Crippen molar-refractivity contribution in [3.63, 3.8) is 0 Å². The molecule has 0 radical (unpaired) electrons. The van der Waals surface area contributed by atoms with Crippen molar-refractivity contribution in [1.29, 1.82) is 0 Å². The number of hydrogen-bond acceptors (Lipinski definition) is 3. The third kappa shape index (κ3) is 5.48. The van der Waals surface area contributed by atoms with Crippen molar-refractivity contribution in [2.45, 2.75) is 46.1 Å². The third-order valence-corrected chi connectivity index (χ3v) is 3.53. The Kier molecular flexibility index (Phi) is 7.05. The average molecular weight is 306 g/mol. The molecule has 0 aliphatic heterocycles. The Hall–Kier alpha value is -1.88. The number of nitrogens with one attached hydrogen (secondary N) is 2. The highest BCUT2D eigenvalue weighted by atomic mass is 16.3. The van der Waals surface area contributed by atoms with Crippen LogP contribution in [0.4, 0.5) is 5.69 Å². The fourth-order valence-corrected chi connectivity index (χ4v) is 2.04. The molecule has 5 nitrogen and oxygen atoms in total. The second kappa shape index (κ2) is 8.54. The highest BCUT2D eigenvalue weighted by molar-refractivity contribution is 6.39. The summed E-state index contributed by atoms with van der Waals surface area (Å²) in [4.78, 5) is 23.7. The lowest BCUT2D eigenvalue weighted by Crippen LogP contribution is -2.37. The first-order valence-electron chi connectivity index (χ1n) is 7.69. The summed E-state index contributed by atoms with van der Waals surface area (Å²) in [5.74, 6) is -0.994. The maximum absolute atomic E-state index is 11.9. The van der Waals surface area contributed by atoms with Gasteiger partial charge in [0.05, 0.1) is 6.10 Å². The van der Waals surface area contributed by atoms with Crippen LogP contribution in [0.5, 0.6) is 0 Å². The van der Waals surface area contributed by atoms with Gasteiger partial charge in [-0.3, -0.25) is 9.59 Å². The fraction of sp³-hybridized carbons (Fsp3) is 0.529. The Balaban J connectivity index is 2.53. The van der Waals surface area contributed by atoms with Gasteiger partial charge in [-0.15, -0.1) is 0 Å². The minimum absolute atomic E-state index is 0.128. The minimum atomic E-state index is -0.688. The van der Waals surface area contributed by atoms with Crippen molar-refractivity contribution in [3.8, 4) is 0 Å². The van der Waals surface area contributed by atoms with Crippen LogP contribution in [0, 0.1) is 5.92 Å². The number of aliphatic hydroxyl groups is 1. The lowest BCUT2D eigenvalue weighted by Gasteiger charge is -2.15. The van der Waals surface area contributed by atoms with Crippen LogP contribution in [-0.2, 0) is 9.59 Å². The Morgan fingerprint density at radius 3 is 2.32 bits per heavy atom. The van der Waals surface area contributed by atoms with Crippen molar-refractivity contribution in [1.82, 2.24) is 5.32 Å². The first kappa shape index (κ1) is 18.2. The van der Waals surface area contributed by atoms with Crippen LogP contribution in [0.15, 0.2) is 24.3 Å². The van der Waals surface area contributed by atoms with E-state index in [9.17, 15) is 14.7 Å². The summed E-state index contributed by atoms with van der Waals surface area (Å²) in [5, 5.41) is 14.8. The van der Waals surface area contributed by atoms with Gasteiger partial charge in [0, 0.05) is 12.2 Å². The van der Waals surface area contributed by atoms with Gasteiger partial charge < -0.3 is 15.7 Å². The molecule has 22 heavy (non-hydrogen) atoms. The van der Waals surface area contributed by atoms with Crippen LogP contribution < -0.4 is 10.6 Å². The van der Waals surface area contributed by atoms with Crippen LogP contribution in [0.25, 0.3) is 0 Å². The summed E-state index contributed by atoms with van der Waals surface area (Å²) in [7, 11) is 0. The van der Waals surface area contributed by atoms with Gasteiger partial charge in [-0.2, -0.15) is 0 Å². The van der Waals surface area contributed by atoms with Crippen LogP contribution in [0.1, 0.15) is 45.6 Å². The maximum Gasteiger partial charge on any atom is 0.313 e. The molecule has 1 unspecified atom stereocenters. The maximum atomic E-state index is 11.9. The van der Waals surface area contributed by atoms with E-state index in [1.54, 1.807) is 6.07 Å². The molecule has 0 spiro atoms. The van der Waals surface area contributed by atoms with E-state index in [0.29, 0.717) is 12.1 Å². The van der Waals surface area contributed by atoms with Crippen LogP contribution in [0.3, 0.4) is 0 Å². The lowest BCUT2D eigenvalue weighted by atomic mass is 10.0. The zero-order chi connectivity index (χ0) is 16.7. The number of amides is 2. The molecule has 0 saturated heterocycles. The monoisotopic (exact) mass is 306 g/mol. The zero-order valence-corrected chi connectivity index (χ0v) is 13.7.